The van der Waals surface area contributed by atoms with E-state index < -0.39 is 4.92 Å². The van der Waals surface area contributed by atoms with Gasteiger partial charge in [-0.1, -0.05) is 17.7 Å². The van der Waals surface area contributed by atoms with E-state index in [-0.39, 0.29) is 5.69 Å². The fourth-order valence-corrected chi connectivity index (χ4v) is 2.04. The van der Waals surface area contributed by atoms with Crippen molar-refractivity contribution in [3.8, 4) is 11.3 Å². The molecule has 1 aromatic heterocycles. The van der Waals surface area contributed by atoms with Gasteiger partial charge >= 0.3 is 0 Å². The first kappa shape index (κ1) is 14.0. The Morgan fingerprint density at radius 1 is 1.25 bits per heavy atom. The van der Waals surface area contributed by atoms with E-state index in [2.05, 4.69) is 10.3 Å². The van der Waals surface area contributed by atoms with Gasteiger partial charge < -0.3 is 5.32 Å². The molecule has 0 unspecified atom stereocenters. The Balaban J connectivity index is 2.60. The van der Waals surface area contributed by atoms with Crippen molar-refractivity contribution < 1.29 is 4.92 Å². The number of rotatable bonds is 4. The van der Waals surface area contributed by atoms with Crippen LogP contribution < -0.4 is 5.32 Å². The second kappa shape index (κ2) is 5.69. The van der Waals surface area contributed by atoms with Crippen LogP contribution >= 0.6 is 0 Å². The molecule has 0 fully saturated rings. The molecule has 1 heterocycles. The Bertz CT molecular complexity index is 654. The lowest BCUT2D eigenvalue weighted by molar-refractivity contribution is -0.384. The lowest BCUT2D eigenvalue weighted by Gasteiger charge is -2.09. The number of hydrogen-bond acceptors (Lipinski definition) is 4. The fraction of sp³-hybridized carbons (Fsp3) is 0.267. The predicted molar refractivity (Wildman–Crippen MR) is 80.0 cm³/mol. The molecular weight excluding hydrogens is 254 g/mol. The third kappa shape index (κ3) is 2.93. The largest absolute Gasteiger partial charge is 0.370 e. The first-order valence-corrected chi connectivity index (χ1v) is 6.49. The van der Waals surface area contributed by atoms with E-state index in [9.17, 15) is 10.1 Å². The van der Waals surface area contributed by atoms with Gasteiger partial charge in [-0.3, -0.25) is 10.1 Å². The van der Waals surface area contributed by atoms with Crippen LogP contribution in [-0.2, 0) is 0 Å². The molecule has 0 amide bonds. The molecule has 0 aliphatic carbocycles. The number of hydrogen-bond donors (Lipinski definition) is 1. The van der Waals surface area contributed by atoms with Crippen LogP contribution in [0.5, 0.6) is 0 Å². The predicted octanol–water partition coefficient (Wildman–Crippen LogP) is 3.71. The summed E-state index contributed by atoms with van der Waals surface area (Å²) in [6.07, 6.45) is 0. The van der Waals surface area contributed by atoms with Crippen LogP contribution in [0.25, 0.3) is 11.3 Å². The van der Waals surface area contributed by atoms with Crippen molar-refractivity contribution in [1.29, 1.82) is 0 Å². The van der Waals surface area contributed by atoms with Crippen LogP contribution in [0.4, 0.5) is 11.5 Å². The van der Waals surface area contributed by atoms with Gasteiger partial charge in [0.1, 0.15) is 5.82 Å². The van der Waals surface area contributed by atoms with Crippen LogP contribution in [0.15, 0.2) is 30.3 Å². The van der Waals surface area contributed by atoms with E-state index in [0.29, 0.717) is 18.1 Å². The molecule has 2 aromatic rings. The van der Waals surface area contributed by atoms with Gasteiger partial charge in [0, 0.05) is 18.2 Å². The summed E-state index contributed by atoms with van der Waals surface area (Å²) in [5, 5.41) is 14.1. The number of anilines is 1. The van der Waals surface area contributed by atoms with E-state index in [1.807, 2.05) is 39.0 Å². The first-order valence-electron chi connectivity index (χ1n) is 6.49. The SMILES string of the molecule is CCNc1cc([N+](=O)[O-])cc(-c2cc(C)ccc2C)n1. The molecule has 0 bridgehead atoms. The number of nitro groups is 1. The molecule has 0 saturated heterocycles. The zero-order valence-corrected chi connectivity index (χ0v) is 11.8. The van der Waals surface area contributed by atoms with Gasteiger partial charge in [0.05, 0.1) is 16.7 Å². The maximum atomic E-state index is 11.0. The summed E-state index contributed by atoms with van der Waals surface area (Å²) in [6.45, 7) is 6.56. The first-order chi connectivity index (χ1) is 9.51. The van der Waals surface area contributed by atoms with Gasteiger partial charge in [0.2, 0.25) is 0 Å². The molecule has 2 rings (SSSR count). The quantitative estimate of drug-likeness (QED) is 0.680. The van der Waals surface area contributed by atoms with Crippen LogP contribution in [0.1, 0.15) is 18.1 Å². The van der Waals surface area contributed by atoms with Crippen molar-refractivity contribution in [2.75, 3.05) is 11.9 Å². The van der Waals surface area contributed by atoms with E-state index >= 15 is 0 Å². The molecule has 0 atom stereocenters. The van der Waals surface area contributed by atoms with Crippen LogP contribution in [0.3, 0.4) is 0 Å². The van der Waals surface area contributed by atoms with E-state index in [1.54, 1.807) is 0 Å². The van der Waals surface area contributed by atoms with Crippen LogP contribution in [0.2, 0.25) is 0 Å². The Hall–Kier alpha value is -2.43. The number of pyridine rings is 1. The zero-order chi connectivity index (χ0) is 14.7. The number of nitrogens with one attached hydrogen (secondary N) is 1. The van der Waals surface area contributed by atoms with Crippen molar-refractivity contribution >= 4 is 11.5 Å². The number of aromatic nitrogens is 1. The molecule has 1 aromatic carbocycles. The average molecular weight is 271 g/mol. The lowest BCUT2D eigenvalue weighted by Crippen LogP contribution is -2.02. The second-order valence-corrected chi connectivity index (χ2v) is 4.70. The highest BCUT2D eigenvalue weighted by Crippen LogP contribution is 2.28. The Kier molecular flexibility index (Phi) is 3.98. The van der Waals surface area contributed by atoms with E-state index in [1.165, 1.54) is 12.1 Å². The standard InChI is InChI=1S/C15H17N3O2/c1-4-16-15-9-12(18(19)20)8-14(17-15)13-7-10(2)5-6-11(13)3/h5-9H,4H2,1-3H3,(H,16,17). The molecule has 0 radical (unpaired) electrons. The third-order valence-electron chi connectivity index (χ3n) is 3.05. The molecule has 5 heteroatoms. The molecular formula is C15H17N3O2. The van der Waals surface area contributed by atoms with Crippen molar-refractivity contribution in [1.82, 2.24) is 4.98 Å². The summed E-state index contributed by atoms with van der Waals surface area (Å²) in [5.74, 6) is 0.526. The number of aryl methyl sites for hydroxylation is 2. The summed E-state index contributed by atoms with van der Waals surface area (Å²) in [7, 11) is 0. The fourth-order valence-electron chi connectivity index (χ4n) is 2.04. The maximum absolute atomic E-state index is 11.0. The van der Waals surface area contributed by atoms with Gasteiger partial charge in [0.15, 0.2) is 0 Å². The molecule has 5 nitrogen and oxygen atoms in total. The van der Waals surface area contributed by atoms with Crippen LogP contribution in [-0.4, -0.2) is 16.5 Å². The van der Waals surface area contributed by atoms with Crippen molar-refractivity contribution in [2.45, 2.75) is 20.8 Å². The molecule has 0 aliphatic heterocycles. The normalized spacial score (nSPS) is 10.3. The number of benzene rings is 1. The average Bonchev–Trinajstić information content (AvgIpc) is 2.41. The molecule has 104 valence electrons. The Morgan fingerprint density at radius 2 is 2.00 bits per heavy atom. The van der Waals surface area contributed by atoms with Gasteiger partial charge in [-0.2, -0.15) is 0 Å². The van der Waals surface area contributed by atoms with E-state index in [0.717, 1.165) is 16.7 Å². The summed E-state index contributed by atoms with van der Waals surface area (Å²) in [4.78, 5) is 15.1. The number of nitrogens with zero attached hydrogens (tertiary/aromatic N) is 2. The van der Waals surface area contributed by atoms with Gasteiger partial charge in [0.25, 0.3) is 5.69 Å². The van der Waals surface area contributed by atoms with Crippen molar-refractivity contribution in [3.63, 3.8) is 0 Å². The highest BCUT2D eigenvalue weighted by atomic mass is 16.6. The Morgan fingerprint density at radius 3 is 2.65 bits per heavy atom. The van der Waals surface area contributed by atoms with Gasteiger partial charge in [-0.25, -0.2) is 4.98 Å². The van der Waals surface area contributed by atoms with E-state index in [4.69, 9.17) is 0 Å². The minimum Gasteiger partial charge on any atom is -0.370 e. The van der Waals surface area contributed by atoms with Gasteiger partial charge in [-0.15, -0.1) is 0 Å². The van der Waals surface area contributed by atoms with Crippen LogP contribution in [0, 0.1) is 24.0 Å². The molecule has 0 spiro atoms. The van der Waals surface area contributed by atoms with Gasteiger partial charge in [-0.05, 0) is 32.4 Å². The molecule has 0 saturated carbocycles. The Labute approximate surface area is 117 Å². The third-order valence-corrected chi connectivity index (χ3v) is 3.05. The van der Waals surface area contributed by atoms with Crippen molar-refractivity contribution in [2.24, 2.45) is 0 Å². The molecule has 1 N–H and O–H groups in total. The topological polar surface area (TPSA) is 68.1 Å². The second-order valence-electron chi connectivity index (χ2n) is 4.70. The zero-order valence-electron chi connectivity index (χ0n) is 11.8. The maximum Gasteiger partial charge on any atom is 0.275 e. The summed E-state index contributed by atoms with van der Waals surface area (Å²) in [6, 6.07) is 8.98. The summed E-state index contributed by atoms with van der Waals surface area (Å²) >= 11 is 0. The smallest absolute Gasteiger partial charge is 0.275 e. The highest BCUT2D eigenvalue weighted by molar-refractivity contribution is 5.68. The monoisotopic (exact) mass is 271 g/mol. The molecule has 0 aliphatic rings. The summed E-state index contributed by atoms with van der Waals surface area (Å²) in [5.41, 5.74) is 3.74. The minimum atomic E-state index is -0.392. The highest BCUT2D eigenvalue weighted by Gasteiger charge is 2.13. The molecule has 20 heavy (non-hydrogen) atoms. The minimum absolute atomic E-state index is 0.0480. The lowest BCUT2D eigenvalue weighted by atomic mass is 10.0. The summed E-state index contributed by atoms with van der Waals surface area (Å²) < 4.78 is 0. The van der Waals surface area contributed by atoms with Crippen molar-refractivity contribution in [3.05, 3.63) is 51.6 Å².